The maximum Gasteiger partial charge on any atom is 0.244 e. The highest BCUT2D eigenvalue weighted by atomic mass is 16.5. The van der Waals surface area contributed by atoms with Gasteiger partial charge in [-0.05, 0) is 36.8 Å². The van der Waals surface area contributed by atoms with E-state index in [4.69, 9.17) is 18.9 Å². The zero-order chi connectivity index (χ0) is 22.8. The van der Waals surface area contributed by atoms with Crippen LogP contribution in [0.3, 0.4) is 0 Å². The second-order valence-electron chi connectivity index (χ2n) is 6.54. The summed E-state index contributed by atoms with van der Waals surface area (Å²) >= 11 is 0. The van der Waals surface area contributed by atoms with Gasteiger partial charge in [0.15, 0.2) is 11.5 Å². The van der Waals surface area contributed by atoms with Crippen LogP contribution < -0.4 is 29.7 Å². The van der Waals surface area contributed by atoms with Crippen LogP contribution in [0.2, 0.25) is 0 Å². The number of carbonyl (C=O) groups is 2. The van der Waals surface area contributed by atoms with E-state index < -0.39 is 0 Å². The summed E-state index contributed by atoms with van der Waals surface area (Å²) in [7, 11) is 6.13. The summed E-state index contributed by atoms with van der Waals surface area (Å²) in [6.45, 7) is 1.65. The van der Waals surface area contributed by atoms with Crippen molar-refractivity contribution in [1.82, 2.24) is 5.43 Å². The number of hydrogen-bond acceptors (Lipinski definition) is 7. The summed E-state index contributed by atoms with van der Waals surface area (Å²) in [5.74, 6) is 1.61. The number of anilines is 1. The van der Waals surface area contributed by atoms with E-state index in [9.17, 15) is 9.59 Å². The predicted octanol–water partition coefficient (Wildman–Crippen LogP) is 2.78. The van der Waals surface area contributed by atoms with Gasteiger partial charge in [0.25, 0.3) is 0 Å². The van der Waals surface area contributed by atoms with Crippen molar-refractivity contribution in [3.63, 3.8) is 0 Å². The first-order chi connectivity index (χ1) is 14.9. The third kappa shape index (κ3) is 6.91. The molecule has 166 valence electrons. The van der Waals surface area contributed by atoms with Gasteiger partial charge in [-0.3, -0.25) is 9.59 Å². The molecule has 0 saturated carbocycles. The number of hydrogen-bond donors (Lipinski definition) is 2. The Kier molecular flexibility index (Phi) is 8.68. The Morgan fingerprint density at radius 1 is 0.839 bits per heavy atom. The number of nitrogens with zero attached hydrogens (tertiary/aromatic N) is 1. The number of carbonyl (C=O) groups excluding carboxylic acids is 2. The number of ether oxygens (including phenoxy) is 4. The number of benzene rings is 2. The van der Waals surface area contributed by atoms with E-state index in [0.29, 0.717) is 34.4 Å². The zero-order valence-electron chi connectivity index (χ0n) is 18.3. The average Bonchev–Trinajstić information content (AvgIpc) is 2.77. The van der Waals surface area contributed by atoms with Crippen LogP contribution in [0.1, 0.15) is 18.9 Å². The van der Waals surface area contributed by atoms with Gasteiger partial charge in [-0.2, -0.15) is 5.10 Å². The fourth-order valence-corrected chi connectivity index (χ4v) is 2.74. The van der Waals surface area contributed by atoms with Crippen LogP contribution in [-0.2, 0) is 16.0 Å². The number of methoxy groups -OCH3 is 4. The smallest absolute Gasteiger partial charge is 0.244 e. The largest absolute Gasteiger partial charge is 0.497 e. The van der Waals surface area contributed by atoms with Gasteiger partial charge in [0.05, 0.1) is 47.0 Å². The van der Waals surface area contributed by atoms with Crippen LogP contribution in [0.15, 0.2) is 41.5 Å². The van der Waals surface area contributed by atoms with Crippen molar-refractivity contribution in [1.29, 1.82) is 0 Å². The fourth-order valence-electron chi connectivity index (χ4n) is 2.74. The van der Waals surface area contributed by atoms with Gasteiger partial charge in [0, 0.05) is 11.8 Å². The number of nitrogens with one attached hydrogen (secondary N) is 2. The first-order valence-electron chi connectivity index (χ1n) is 9.45. The van der Waals surface area contributed by atoms with E-state index in [2.05, 4.69) is 15.8 Å². The molecule has 0 aromatic heterocycles. The SMILES string of the molecule is COc1ccc(NC(=O)C/C(C)=N/NC(=O)Cc2ccc(OC)c(OC)c2)c(OC)c1. The summed E-state index contributed by atoms with van der Waals surface area (Å²) in [5.41, 5.74) is 4.16. The van der Waals surface area contributed by atoms with E-state index in [1.807, 2.05) is 0 Å². The molecule has 0 aliphatic rings. The summed E-state index contributed by atoms with van der Waals surface area (Å²) in [5, 5.41) is 6.75. The maximum absolute atomic E-state index is 12.3. The Morgan fingerprint density at radius 3 is 2.19 bits per heavy atom. The van der Waals surface area contributed by atoms with E-state index in [-0.39, 0.29) is 24.7 Å². The Labute approximate surface area is 181 Å². The van der Waals surface area contributed by atoms with Crippen molar-refractivity contribution in [2.24, 2.45) is 5.10 Å². The Morgan fingerprint density at radius 2 is 1.55 bits per heavy atom. The lowest BCUT2D eigenvalue weighted by Crippen LogP contribution is -2.23. The van der Waals surface area contributed by atoms with Crippen molar-refractivity contribution in [2.75, 3.05) is 33.8 Å². The summed E-state index contributed by atoms with van der Waals surface area (Å²) in [6, 6.07) is 10.3. The molecule has 0 spiro atoms. The van der Waals surface area contributed by atoms with Gasteiger partial charge in [0.1, 0.15) is 11.5 Å². The second kappa shape index (κ2) is 11.4. The lowest BCUT2D eigenvalue weighted by molar-refractivity contribution is -0.120. The summed E-state index contributed by atoms with van der Waals surface area (Å²) in [4.78, 5) is 24.5. The normalized spacial score (nSPS) is 10.8. The van der Waals surface area contributed by atoms with Gasteiger partial charge >= 0.3 is 0 Å². The topological polar surface area (TPSA) is 107 Å². The quantitative estimate of drug-likeness (QED) is 0.444. The molecule has 0 radical (unpaired) electrons. The molecule has 31 heavy (non-hydrogen) atoms. The molecule has 0 fully saturated rings. The fraction of sp³-hybridized carbons (Fsp3) is 0.318. The summed E-state index contributed by atoms with van der Waals surface area (Å²) < 4.78 is 20.8. The molecule has 2 amide bonds. The van der Waals surface area contributed by atoms with Crippen molar-refractivity contribution < 1.29 is 28.5 Å². The first-order valence-corrected chi connectivity index (χ1v) is 9.45. The van der Waals surface area contributed by atoms with Crippen LogP contribution in [0, 0.1) is 0 Å². The van der Waals surface area contributed by atoms with E-state index >= 15 is 0 Å². The van der Waals surface area contributed by atoms with Gasteiger partial charge in [-0.1, -0.05) is 6.07 Å². The van der Waals surface area contributed by atoms with Crippen molar-refractivity contribution in [2.45, 2.75) is 19.8 Å². The van der Waals surface area contributed by atoms with E-state index in [1.165, 1.54) is 14.2 Å². The Balaban J connectivity index is 1.91. The third-order valence-corrected chi connectivity index (χ3v) is 4.28. The van der Waals surface area contributed by atoms with Crippen molar-refractivity contribution >= 4 is 23.2 Å². The van der Waals surface area contributed by atoms with Crippen LogP contribution in [0.4, 0.5) is 5.69 Å². The Bertz CT molecular complexity index is 958. The lowest BCUT2D eigenvalue weighted by atomic mass is 10.1. The molecule has 0 aliphatic heterocycles. The standard InChI is InChI=1S/C22H27N3O6/c1-14(10-21(26)23-17-8-7-16(28-2)13-19(17)30-4)24-25-22(27)12-15-6-9-18(29-3)20(11-15)31-5/h6-9,11,13H,10,12H2,1-5H3,(H,23,26)(H,25,27)/b24-14+. The molecule has 0 aliphatic carbocycles. The van der Waals surface area contributed by atoms with Gasteiger partial charge in [-0.15, -0.1) is 0 Å². The van der Waals surface area contributed by atoms with Crippen molar-refractivity contribution in [3.05, 3.63) is 42.0 Å². The van der Waals surface area contributed by atoms with Crippen LogP contribution in [-0.4, -0.2) is 46.0 Å². The molecular formula is C22H27N3O6. The first kappa shape index (κ1) is 23.5. The van der Waals surface area contributed by atoms with Gasteiger partial charge in [0.2, 0.25) is 11.8 Å². The molecule has 2 aromatic carbocycles. The van der Waals surface area contributed by atoms with Crippen LogP contribution in [0.25, 0.3) is 0 Å². The molecule has 0 atom stereocenters. The van der Waals surface area contributed by atoms with E-state index in [1.54, 1.807) is 57.5 Å². The highest BCUT2D eigenvalue weighted by Gasteiger charge is 2.11. The average molecular weight is 429 g/mol. The number of amides is 2. The minimum absolute atomic E-state index is 0.00578. The summed E-state index contributed by atoms with van der Waals surface area (Å²) in [6.07, 6.45) is 0.109. The maximum atomic E-state index is 12.3. The third-order valence-electron chi connectivity index (χ3n) is 4.28. The molecule has 0 saturated heterocycles. The molecule has 9 nitrogen and oxygen atoms in total. The molecule has 0 unspecified atom stereocenters. The van der Waals surface area contributed by atoms with Crippen LogP contribution >= 0.6 is 0 Å². The van der Waals surface area contributed by atoms with Gasteiger partial charge < -0.3 is 24.3 Å². The van der Waals surface area contributed by atoms with Crippen LogP contribution in [0.5, 0.6) is 23.0 Å². The second-order valence-corrected chi connectivity index (χ2v) is 6.54. The molecule has 2 rings (SSSR count). The minimum atomic E-state index is -0.316. The molecule has 2 aromatic rings. The zero-order valence-corrected chi connectivity index (χ0v) is 18.3. The monoisotopic (exact) mass is 429 g/mol. The van der Waals surface area contributed by atoms with E-state index in [0.717, 1.165) is 5.56 Å². The predicted molar refractivity (Wildman–Crippen MR) is 117 cm³/mol. The molecule has 9 heteroatoms. The molecule has 0 bridgehead atoms. The minimum Gasteiger partial charge on any atom is -0.497 e. The number of hydrazone groups is 1. The van der Waals surface area contributed by atoms with Crippen molar-refractivity contribution in [3.8, 4) is 23.0 Å². The highest BCUT2D eigenvalue weighted by molar-refractivity contribution is 6.06. The Hall–Kier alpha value is -3.75. The van der Waals surface area contributed by atoms with Gasteiger partial charge in [-0.25, -0.2) is 5.43 Å². The number of rotatable bonds is 10. The molecule has 2 N–H and O–H groups in total. The molecular weight excluding hydrogens is 402 g/mol. The highest BCUT2D eigenvalue weighted by Crippen LogP contribution is 2.29. The molecule has 0 heterocycles. The lowest BCUT2D eigenvalue weighted by Gasteiger charge is -2.11.